The Bertz CT molecular complexity index is 1210. The first-order chi connectivity index (χ1) is 16.5. The van der Waals surface area contributed by atoms with Gasteiger partial charge in [0.1, 0.15) is 11.5 Å². The van der Waals surface area contributed by atoms with E-state index < -0.39 is 34.4 Å². The summed E-state index contributed by atoms with van der Waals surface area (Å²) in [4.78, 5) is 55.2. The molecule has 0 bridgehead atoms. The van der Waals surface area contributed by atoms with Crippen LogP contribution in [0.2, 0.25) is 0 Å². The van der Waals surface area contributed by atoms with Crippen LogP contribution in [0, 0.1) is 24.0 Å². The van der Waals surface area contributed by atoms with Crippen LogP contribution in [0.5, 0.6) is 0 Å². The highest BCUT2D eigenvalue weighted by atomic mass is 16.6. The number of likely N-dealkylation sites (tertiary alicyclic amines) is 1. The Balaban J connectivity index is 2.20. The van der Waals surface area contributed by atoms with E-state index in [1.165, 1.54) is 29.2 Å². The number of aliphatic hydroxyl groups excluding tert-OH is 1. The second-order valence-electron chi connectivity index (χ2n) is 8.49. The van der Waals surface area contributed by atoms with Gasteiger partial charge in [-0.3, -0.25) is 19.7 Å². The summed E-state index contributed by atoms with van der Waals surface area (Å²) in [5, 5.41) is 22.5. The van der Waals surface area contributed by atoms with E-state index >= 15 is 0 Å². The lowest BCUT2D eigenvalue weighted by Crippen LogP contribution is -2.35. The second-order valence-corrected chi connectivity index (χ2v) is 8.49. The number of aliphatic hydroxyl groups is 1. The Morgan fingerprint density at radius 2 is 1.86 bits per heavy atom. The van der Waals surface area contributed by atoms with Crippen LogP contribution in [0.15, 0.2) is 29.8 Å². The molecule has 35 heavy (non-hydrogen) atoms. The van der Waals surface area contributed by atoms with Gasteiger partial charge in [0.25, 0.3) is 17.4 Å². The summed E-state index contributed by atoms with van der Waals surface area (Å²) in [6.07, 6.45) is 0. The molecular formula is C24H28N4O7. The first-order valence-corrected chi connectivity index (χ1v) is 11.0. The fourth-order valence-electron chi connectivity index (χ4n) is 4.19. The molecule has 2 heterocycles. The highest BCUT2D eigenvalue weighted by Crippen LogP contribution is 2.41. The van der Waals surface area contributed by atoms with Crippen molar-refractivity contribution in [1.29, 1.82) is 0 Å². The maximum atomic E-state index is 13.2. The van der Waals surface area contributed by atoms with Crippen molar-refractivity contribution in [2.45, 2.75) is 26.8 Å². The third kappa shape index (κ3) is 4.80. The number of nitrogens with zero attached hydrogens (tertiary/aromatic N) is 3. The van der Waals surface area contributed by atoms with Gasteiger partial charge < -0.3 is 24.6 Å². The summed E-state index contributed by atoms with van der Waals surface area (Å²) in [5.74, 6) is -2.69. The molecule has 1 aromatic carbocycles. The monoisotopic (exact) mass is 484 g/mol. The van der Waals surface area contributed by atoms with Gasteiger partial charge in [-0.25, -0.2) is 4.79 Å². The van der Waals surface area contributed by atoms with E-state index in [0.29, 0.717) is 23.4 Å². The fraction of sp³-hybridized carbons (Fsp3) is 0.375. The second kappa shape index (κ2) is 10.1. The largest absolute Gasteiger partial charge is 0.507 e. The molecule has 0 aliphatic carbocycles. The predicted octanol–water partition coefficient (Wildman–Crippen LogP) is 2.70. The van der Waals surface area contributed by atoms with Gasteiger partial charge in [-0.2, -0.15) is 0 Å². The molecule has 1 aliphatic heterocycles. The molecule has 11 heteroatoms. The normalized spacial score (nSPS) is 17.3. The van der Waals surface area contributed by atoms with E-state index in [9.17, 15) is 29.6 Å². The molecule has 1 aromatic heterocycles. The van der Waals surface area contributed by atoms with Gasteiger partial charge in [-0.15, -0.1) is 0 Å². The van der Waals surface area contributed by atoms with Crippen LogP contribution >= 0.6 is 0 Å². The average Bonchev–Trinajstić information content (AvgIpc) is 3.24. The lowest BCUT2D eigenvalue weighted by molar-refractivity contribution is -0.384. The number of H-pyrrole nitrogens is 1. The van der Waals surface area contributed by atoms with Crippen LogP contribution in [-0.4, -0.2) is 76.3 Å². The Morgan fingerprint density at radius 3 is 2.40 bits per heavy atom. The minimum absolute atomic E-state index is 0.139. The number of benzene rings is 1. The Hall–Kier alpha value is -3.99. The molecule has 0 saturated carbocycles. The van der Waals surface area contributed by atoms with Crippen LogP contribution < -0.4 is 0 Å². The van der Waals surface area contributed by atoms with E-state index in [2.05, 4.69) is 4.98 Å². The van der Waals surface area contributed by atoms with Crippen LogP contribution in [-0.2, 0) is 14.3 Å². The quantitative estimate of drug-likeness (QED) is 0.145. The number of aryl methyl sites for hydroxylation is 1. The molecule has 2 aromatic rings. The average molecular weight is 485 g/mol. The number of hydrogen-bond donors (Lipinski definition) is 2. The maximum Gasteiger partial charge on any atom is 0.355 e. The topological polar surface area (TPSA) is 146 Å². The highest BCUT2D eigenvalue weighted by Gasteiger charge is 2.46. The Morgan fingerprint density at radius 1 is 1.23 bits per heavy atom. The molecule has 1 aliphatic rings. The molecule has 2 N–H and O–H groups in total. The van der Waals surface area contributed by atoms with Gasteiger partial charge in [0.2, 0.25) is 0 Å². The number of ketones is 1. The summed E-state index contributed by atoms with van der Waals surface area (Å²) in [7, 11) is 3.64. The number of esters is 1. The van der Waals surface area contributed by atoms with Crippen molar-refractivity contribution in [3.8, 4) is 0 Å². The number of hydrogen-bond acceptors (Lipinski definition) is 8. The van der Waals surface area contributed by atoms with Gasteiger partial charge in [0.05, 0.1) is 23.1 Å². The van der Waals surface area contributed by atoms with Crippen LogP contribution in [0.25, 0.3) is 5.76 Å². The Kier molecular flexibility index (Phi) is 7.39. The van der Waals surface area contributed by atoms with Crippen molar-refractivity contribution in [2.24, 2.45) is 0 Å². The number of nitro benzene ring substituents is 1. The van der Waals surface area contributed by atoms with E-state index in [-0.39, 0.29) is 35.7 Å². The van der Waals surface area contributed by atoms with E-state index in [0.717, 1.165) is 0 Å². The first-order valence-electron chi connectivity index (χ1n) is 11.0. The number of Topliss-reactive ketones (excluding diaryl/α,β-unsaturated/α-hetero) is 1. The minimum Gasteiger partial charge on any atom is -0.507 e. The summed E-state index contributed by atoms with van der Waals surface area (Å²) in [5.41, 5.74) is 1.31. The first kappa shape index (κ1) is 25.6. The van der Waals surface area contributed by atoms with Gasteiger partial charge in [0.15, 0.2) is 0 Å². The molecular weight excluding hydrogens is 456 g/mol. The number of ether oxygens (including phenoxy) is 1. The summed E-state index contributed by atoms with van der Waals surface area (Å²) < 4.78 is 5.06. The van der Waals surface area contributed by atoms with Crippen molar-refractivity contribution in [3.63, 3.8) is 0 Å². The fourth-order valence-corrected chi connectivity index (χ4v) is 4.19. The number of carbonyl (C=O) groups is 3. The molecule has 1 atom stereocenters. The number of nitrogens with one attached hydrogen (secondary N) is 1. The van der Waals surface area contributed by atoms with E-state index in [1.807, 2.05) is 19.0 Å². The van der Waals surface area contributed by atoms with Crippen LogP contribution in [0.4, 0.5) is 5.69 Å². The lowest BCUT2D eigenvalue weighted by atomic mass is 9.94. The third-order valence-electron chi connectivity index (χ3n) is 5.90. The minimum atomic E-state index is -0.963. The lowest BCUT2D eigenvalue weighted by Gasteiger charge is -2.26. The molecule has 1 fully saturated rings. The number of rotatable bonds is 8. The molecule has 1 saturated heterocycles. The third-order valence-corrected chi connectivity index (χ3v) is 5.90. The van der Waals surface area contributed by atoms with Gasteiger partial charge >= 0.3 is 5.97 Å². The summed E-state index contributed by atoms with van der Waals surface area (Å²) >= 11 is 0. The number of non-ortho nitro benzene ring substituents is 1. The predicted molar refractivity (Wildman–Crippen MR) is 127 cm³/mol. The number of likely N-dealkylation sites (N-methyl/N-ethyl adjacent to an activating group) is 1. The zero-order chi connectivity index (χ0) is 26.0. The summed E-state index contributed by atoms with van der Waals surface area (Å²) in [6.45, 7) is 5.71. The number of carbonyl (C=O) groups excluding carboxylic acids is 3. The SMILES string of the molecule is CCOC(=O)c1[nH]c(C)c(/C(O)=C2\C(=O)C(=O)N(CCN(C)C)[C@@H]2c2ccc([N+](=O)[O-])cc2)c1C. The van der Waals surface area contributed by atoms with E-state index in [1.54, 1.807) is 20.8 Å². The van der Waals surface area contributed by atoms with Gasteiger partial charge in [-0.1, -0.05) is 0 Å². The molecule has 0 unspecified atom stereocenters. The van der Waals surface area contributed by atoms with Crippen molar-refractivity contribution in [1.82, 2.24) is 14.8 Å². The number of amides is 1. The van der Waals surface area contributed by atoms with Crippen molar-refractivity contribution >= 4 is 29.1 Å². The molecule has 186 valence electrons. The van der Waals surface area contributed by atoms with Crippen LogP contribution in [0.1, 0.15) is 45.8 Å². The molecule has 1 amide bonds. The molecule has 11 nitrogen and oxygen atoms in total. The summed E-state index contributed by atoms with van der Waals surface area (Å²) in [6, 6.07) is 4.53. The van der Waals surface area contributed by atoms with Crippen molar-refractivity contribution < 1.29 is 29.2 Å². The molecule has 0 radical (unpaired) electrons. The van der Waals surface area contributed by atoms with Gasteiger partial charge in [-0.05, 0) is 58.1 Å². The highest BCUT2D eigenvalue weighted by molar-refractivity contribution is 6.46. The number of aromatic amines is 1. The zero-order valence-corrected chi connectivity index (χ0v) is 20.2. The standard InChI is InChI=1S/C24H28N4O7/c1-6-35-24(32)19-13(2)17(14(3)25-19)21(29)18-20(15-7-9-16(10-8-15)28(33)34)27(12-11-26(4)5)23(31)22(18)30/h7-10,20,25,29H,6,11-12H2,1-5H3/b21-18+/t20-/m1/s1. The van der Waals surface area contributed by atoms with Crippen molar-refractivity contribution in [2.75, 3.05) is 33.8 Å². The Labute approximate surface area is 202 Å². The number of nitro groups is 1. The maximum absolute atomic E-state index is 13.2. The molecule has 3 rings (SSSR count). The number of aromatic nitrogens is 1. The van der Waals surface area contributed by atoms with Gasteiger partial charge in [0, 0.05) is 36.5 Å². The smallest absolute Gasteiger partial charge is 0.355 e. The van der Waals surface area contributed by atoms with E-state index in [4.69, 9.17) is 4.74 Å². The molecule has 0 spiro atoms. The zero-order valence-electron chi connectivity index (χ0n) is 20.2. The van der Waals surface area contributed by atoms with Crippen LogP contribution in [0.3, 0.4) is 0 Å². The van der Waals surface area contributed by atoms with Crippen molar-refractivity contribution in [3.05, 3.63) is 68.0 Å².